The average molecular weight is 274 g/mol. The molecule has 8 heteroatoms. The van der Waals surface area contributed by atoms with Crippen molar-refractivity contribution >= 4 is 22.1 Å². The number of ether oxygens (including phenoxy) is 1. The average Bonchev–Trinajstić information content (AvgIpc) is 2.25. The number of rotatable bonds is 3. The number of esters is 1. The highest BCUT2D eigenvalue weighted by molar-refractivity contribution is 7.86. The molecule has 0 aliphatic heterocycles. The Morgan fingerprint density at radius 1 is 1.22 bits per heavy atom. The van der Waals surface area contributed by atoms with Crippen LogP contribution in [-0.4, -0.2) is 37.1 Å². The van der Waals surface area contributed by atoms with E-state index < -0.39 is 32.5 Å². The van der Waals surface area contributed by atoms with E-state index in [2.05, 4.69) is 4.74 Å². The molecule has 1 aromatic rings. The molecule has 1 aromatic carbocycles. The number of carboxylic acid groups (broad SMARTS) is 1. The largest absolute Gasteiger partial charge is 0.478 e. The van der Waals surface area contributed by atoms with Gasteiger partial charge in [0.15, 0.2) is 0 Å². The number of benzene rings is 1. The van der Waals surface area contributed by atoms with Crippen LogP contribution in [0.3, 0.4) is 0 Å². The molecule has 0 aromatic heterocycles. The fourth-order valence-electron chi connectivity index (χ4n) is 1.53. The second kappa shape index (κ2) is 4.75. The van der Waals surface area contributed by atoms with Crippen molar-refractivity contribution in [2.45, 2.75) is 11.8 Å². The second-order valence-electron chi connectivity index (χ2n) is 3.39. The third-order valence-corrected chi connectivity index (χ3v) is 3.34. The highest BCUT2D eigenvalue weighted by Crippen LogP contribution is 2.24. The topological polar surface area (TPSA) is 118 Å². The Morgan fingerprint density at radius 2 is 1.72 bits per heavy atom. The van der Waals surface area contributed by atoms with Gasteiger partial charge in [-0.1, -0.05) is 0 Å². The maximum Gasteiger partial charge on any atom is 0.339 e. The zero-order chi connectivity index (χ0) is 14.1. The molecule has 0 radical (unpaired) electrons. The van der Waals surface area contributed by atoms with Crippen molar-refractivity contribution in [2.24, 2.45) is 0 Å². The van der Waals surface area contributed by atoms with Gasteiger partial charge in [-0.2, -0.15) is 8.42 Å². The van der Waals surface area contributed by atoms with Crippen LogP contribution in [0.5, 0.6) is 0 Å². The number of methoxy groups -OCH3 is 1. The molecular formula is C10H10O7S. The maximum absolute atomic E-state index is 11.4. The Morgan fingerprint density at radius 3 is 2.11 bits per heavy atom. The summed E-state index contributed by atoms with van der Waals surface area (Å²) in [6.07, 6.45) is 0. The minimum Gasteiger partial charge on any atom is -0.478 e. The van der Waals surface area contributed by atoms with Crippen molar-refractivity contribution in [1.29, 1.82) is 0 Å². The van der Waals surface area contributed by atoms with Crippen molar-refractivity contribution < 1.29 is 32.4 Å². The van der Waals surface area contributed by atoms with Crippen LogP contribution in [0.1, 0.15) is 26.3 Å². The van der Waals surface area contributed by atoms with E-state index in [-0.39, 0.29) is 11.1 Å². The summed E-state index contributed by atoms with van der Waals surface area (Å²) >= 11 is 0. The van der Waals surface area contributed by atoms with Crippen molar-refractivity contribution in [3.63, 3.8) is 0 Å². The zero-order valence-electron chi connectivity index (χ0n) is 9.50. The minimum atomic E-state index is -4.74. The van der Waals surface area contributed by atoms with E-state index in [0.29, 0.717) is 0 Å². The number of carboxylic acids is 1. The molecule has 0 aliphatic rings. The van der Waals surface area contributed by atoms with Gasteiger partial charge in [-0.25, -0.2) is 9.59 Å². The predicted molar refractivity (Wildman–Crippen MR) is 59.3 cm³/mol. The van der Waals surface area contributed by atoms with Gasteiger partial charge in [0.2, 0.25) is 0 Å². The number of aromatic carboxylic acids is 1. The van der Waals surface area contributed by atoms with Crippen molar-refractivity contribution in [2.75, 3.05) is 7.11 Å². The van der Waals surface area contributed by atoms with E-state index in [1.54, 1.807) is 0 Å². The molecule has 0 atom stereocenters. The fraction of sp³-hybridized carbons (Fsp3) is 0.200. The molecule has 0 aliphatic carbocycles. The summed E-state index contributed by atoms with van der Waals surface area (Å²) in [5, 5.41) is 8.85. The fourth-order valence-corrected chi connectivity index (χ4v) is 2.45. The summed E-state index contributed by atoms with van der Waals surface area (Å²) in [7, 11) is -3.70. The van der Waals surface area contributed by atoms with E-state index in [1.165, 1.54) is 6.92 Å². The van der Waals surface area contributed by atoms with Gasteiger partial charge >= 0.3 is 11.9 Å². The van der Waals surface area contributed by atoms with Crippen molar-refractivity contribution in [1.82, 2.24) is 0 Å². The molecule has 0 amide bonds. The standard InChI is InChI=1S/C10H10O7S/c1-5-6(9(11)12)3-4-7(10(13)17-2)8(5)18(14,15)16/h3-4H,1-2H3,(H,11,12)(H,14,15,16). The third kappa shape index (κ3) is 2.49. The van der Waals surface area contributed by atoms with Crippen LogP contribution in [-0.2, 0) is 14.9 Å². The van der Waals surface area contributed by atoms with Gasteiger partial charge in [0.1, 0.15) is 4.90 Å². The number of hydrogen-bond donors (Lipinski definition) is 2. The molecule has 0 unspecified atom stereocenters. The van der Waals surface area contributed by atoms with Gasteiger partial charge in [-0.15, -0.1) is 0 Å². The summed E-state index contributed by atoms with van der Waals surface area (Å²) in [5.74, 6) is -2.35. The van der Waals surface area contributed by atoms with Crippen LogP contribution in [0.15, 0.2) is 17.0 Å². The monoisotopic (exact) mass is 274 g/mol. The molecule has 2 N–H and O–H groups in total. The summed E-state index contributed by atoms with van der Waals surface area (Å²) < 4.78 is 35.9. The summed E-state index contributed by atoms with van der Waals surface area (Å²) in [4.78, 5) is 21.5. The van der Waals surface area contributed by atoms with E-state index >= 15 is 0 Å². The number of carbonyl (C=O) groups excluding carboxylic acids is 1. The molecule has 18 heavy (non-hydrogen) atoms. The van der Waals surface area contributed by atoms with Crippen LogP contribution in [0.4, 0.5) is 0 Å². The third-order valence-electron chi connectivity index (χ3n) is 2.30. The molecular weight excluding hydrogens is 264 g/mol. The smallest absolute Gasteiger partial charge is 0.339 e. The highest BCUT2D eigenvalue weighted by atomic mass is 32.2. The molecule has 0 saturated heterocycles. The molecule has 0 fully saturated rings. The van der Waals surface area contributed by atoms with Crippen molar-refractivity contribution in [3.05, 3.63) is 28.8 Å². The van der Waals surface area contributed by atoms with Crippen LogP contribution in [0, 0.1) is 6.92 Å². The summed E-state index contributed by atoms with van der Waals surface area (Å²) in [6.45, 7) is 1.18. The molecule has 7 nitrogen and oxygen atoms in total. The van der Waals surface area contributed by atoms with Crippen LogP contribution < -0.4 is 0 Å². The molecule has 0 heterocycles. The van der Waals surface area contributed by atoms with Gasteiger partial charge in [-0.3, -0.25) is 4.55 Å². The molecule has 0 bridgehead atoms. The molecule has 0 saturated carbocycles. The van der Waals surface area contributed by atoms with Gasteiger partial charge in [-0.05, 0) is 24.6 Å². The van der Waals surface area contributed by atoms with Gasteiger partial charge in [0, 0.05) is 0 Å². The lowest BCUT2D eigenvalue weighted by Crippen LogP contribution is -2.14. The van der Waals surface area contributed by atoms with Gasteiger partial charge in [0.05, 0.1) is 18.2 Å². The Balaban J connectivity index is 3.74. The maximum atomic E-state index is 11.4. The van der Waals surface area contributed by atoms with Gasteiger partial charge in [0.25, 0.3) is 10.1 Å². The van der Waals surface area contributed by atoms with Crippen molar-refractivity contribution in [3.8, 4) is 0 Å². The quantitative estimate of drug-likeness (QED) is 0.616. The highest BCUT2D eigenvalue weighted by Gasteiger charge is 2.26. The SMILES string of the molecule is COC(=O)c1ccc(C(=O)O)c(C)c1S(=O)(=O)O. The first kappa shape index (κ1) is 14.1. The molecule has 0 spiro atoms. The molecule has 1 rings (SSSR count). The minimum absolute atomic E-state index is 0.229. The van der Waals surface area contributed by atoms with Crippen LogP contribution >= 0.6 is 0 Å². The normalized spacial score (nSPS) is 11.1. The Hall–Kier alpha value is -1.93. The molecule has 98 valence electrons. The Bertz CT molecular complexity index is 615. The van der Waals surface area contributed by atoms with Gasteiger partial charge < -0.3 is 9.84 Å². The number of carbonyl (C=O) groups is 2. The lowest BCUT2D eigenvalue weighted by Gasteiger charge is -2.10. The Labute approximate surface area is 103 Å². The van der Waals surface area contributed by atoms with E-state index in [9.17, 15) is 18.0 Å². The Kier molecular flexibility index (Phi) is 3.73. The summed E-state index contributed by atoms with van der Waals surface area (Å²) in [6, 6.07) is 2.05. The first-order chi connectivity index (χ1) is 8.20. The number of hydrogen-bond acceptors (Lipinski definition) is 5. The lowest BCUT2D eigenvalue weighted by molar-refractivity contribution is 0.0593. The second-order valence-corrected chi connectivity index (χ2v) is 4.74. The first-order valence-corrected chi connectivity index (χ1v) is 6.07. The first-order valence-electron chi connectivity index (χ1n) is 4.62. The van der Waals surface area contributed by atoms with Crippen LogP contribution in [0.2, 0.25) is 0 Å². The predicted octanol–water partition coefficient (Wildman–Crippen LogP) is 0.727. The van der Waals surface area contributed by atoms with E-state index in [1.807, 2.05) is 0 Å². The zero-order valence-corrected chi connectivity index (χ0v) is 10.3. The van der Waals surface area contributed by atoms with E-state index in [4.69, 9.17) is 9.66 Å². The lowest BCUT2D eigenvalue weighted by atomic mass is 10.0. The van der Waals surface area contributed by atoms with E-state index in [0.717, 1.165) is 19.2 Å². The summed E-state index contributed by atoms with van der Waals surface area (Å²) in [5.41, 5.74) is -0.967. The van der Waals surface area contributed by atoms with Crippen LogP contribution in [0.25, 0.3) is 0 Å².